The lowest BCUT2D eigenvalue weighted by molar-refractivity contribution is -0.119. The average molecular weight is 168 g/mol. The van der Waals surface area contributed by atoms with Gasteiger partial charge in [0.25, 0.3) is 0 Å². The summed E-state index contributed by atoms with van der Waals surface area (Å²) in [6.45, 7) is 4.14. The predicted molar refractivity (Wildman–Crippen MR) is 53.2 cm³/mol. The third kappa shape index (κ3) is 7.52. The van der Waals surface area contributed by atoms with Crippen LogP contribution in [0.25, 0.3) is 0 Å². The molecule has 0 aromatic heterocycles. The Balaban J connectivity index is 3.21. The lowest BCUT2D eigenvalue weighted by Crippen LogP contribution is -1.96. The van der Waals surface area contributed by atoms with Gasteiger partial charge in [-0.15, -0.1) is 0 Å². The summed E-state index contributed by atoms with van der Waals surface area (Å²) in [5, 5.41) is 0. The van der Waals surface area contributed by atoms with E-state index in [1.807, 2.05) is 13.0 Å². The van der Waals surface area contributed by atoms with Gasteiger partial charge in [0.2, 0.25) is 0 Å². The van der Waals surface area contributed by atoms with Gasteiger partial charge in [-0.1, -0.05) is 31.9 Å². The highest BCUT2D eigenvalue weighted by atomic mass is 16.1. The van der Waals surface area contributed by atoms with E-state index in [1.165, 1.54) is 12.8 Å². The molecule has 0 aromatic rings. The fourth-order valence-electron chi connectivity index (χ4n) is 1.11. The van der Waals surface area contributed by atoms with Gasteiger partial charge in [-0.05, 0) is 19.8 Å². The summed E-state index contributed by atoms with van der Waals surface area (Å²) in [4.78, 5) is 11.2. The number of carbonyl (C=O) groups excluding carboxylic acids is 1. The van der Waals surface area contributed by atoms with Crippen molar-refractivity contribution in [2.24, 2.45) is 0 Å². The van der Waals surface area contributed by atoms with Crippen molar-refractivity contribution in [3.05, 3.63) is 12.2 Å². The number of unbranched alkanes of at least 4 members (excludes halogenated alkanes) is 2. The van der Waals surface area contributed by atoms with Gasteiger partial charge in [0, 0.05) is 12.8 Å². The van der Waals surface area contributed by atoms with Crippen molar-refractivity contribution in [3.8, 4) is 0 Å². The molecule has 0 fully saturated rings. The van der Waals surface area contributed by atoms with Crippen molar-refractivity contribution in [3.63, 3.8) is 0 Å². The van der Waals surface area contributed by atoms with Crippen LogP contribution in [0.3, 0.4) is 0 Å². The number of Topliss-reactive ketones (excluding diaryl/α,β-unsaturated/α-hetero) is 1. The molecule has 0 saturated heterocycles. The number of hydrogen-bond acceptors (Lipinski definition) is 1. The Bertz CT molecular complexity index is 136. The van der Waals surface area contributed by atoms with E-state index in [0.29, 0.717) is 5.78 Å². The molecule has 70 valence electrons. The summed E-state index contributed by atoms with van der Waals surface area (Å²) < 4.78 is 0. The van der Waals surface area contributed by atoms with Crippen molar-refractivity contribution >= 4 is 5.78 Å². The van der Waals surface area contributed by atoms with Crippen LogP contribution in [-0.2, 0) is 4.79 Å². The van der Waals surface area contributed by atoms with Gasteiger partial charge >= 0.3 is 0 Å². The zero-order valence-corrected chi connectivity index (χ0v) is 8.31. The second-order valence-electron chi connectivity index (χ2n) is 3.10. The Labute approximate surface area is 75.9 Å². The maximum absolute atomic E-state index is 11.2. The monoisotopic (exact) mass is 168 g/mol. The summed E-state index contributed by atoms with van der Waals surface area (Å²) >= 11 is 0. The normalized spacial score (nSPS) is 10.8. The highest BCUT2D eigenvalue weighted by molar-refractivity contribution is 5.78. The highest BCUT2D eigenvalue weighted by Gasteiger charge is 1.98. The summed E-state index contributed by atoms with van der Waals surface area (Å²) in [7, 11) is 0. The van der Waals surface area contributed by atoms with Crippen LogP contribution in [0.4, 0.5) is 0 Å². The van der Waals surface area contributed by atoms with Crippen LogP contribution >= 0.6 is 0 Å². The minimum atomic E-state index is 0.418. The number of ketones is 1. The van der Waals surface area contributed by atoms with Crippen molar-refractivity contribution in [1.82, 2.24) is 0 Å². The summed E-state index contributed by atoms with van der Waals surface area (Å²) in [6, 6.07) is 0. The lowest BCUT2D eigenvalue weighted by Gasteiger charge is -1.96. The first kappa shape index (κ1) is 11.4. The van der Waals surface area contributed by atoms with Crippen LogP contribution in [-0.4, -0.2) is 5.78 Å². The third-order valence-electron chi connectivity index (χ3n) is 1.88. The quantitative estimate of drug-likeness (QED) is 0.420. The Kier molecular flexibility index (Phi) is 8.09. The maximum atomic E-state index is 11.2. The van der Waals surface area contributed by atoms with Gasteiger partial charge in [0.1, 0.15) is 5.78 Å². The first-order chi connectivity index (χ1) is 5.81. The zero-order valence-electron chi connectivity index (χ0n) is 8.31. The minimum Gasteiger partial charge on any atom is -0.300 e. The van der Waals surface area contributed by atoms with E-state index in [-0.39, 0.29) is 0 Å². The van der Waals surface area contributed by atoms with Crippen LogP contribution in [0.15, 0.2) is 12.2 Å². The summed E-state index contributed by atoms with van der Waals surface area (Å²) in [6.07, 6.45) is 9.95. The van der Waals surface area contributed by atoms with Crippen LogP contribution in [0.5, 0.6) is 0 Å². The fourth-order valence-corrected chi connectivity index (χ4v) is 1.11. The molecule has 0 rings (SSSR count). The molecule has 0 aliphatic rings. The topological polar surface area (TPSA) is 17.1 Å². The highest BCUT2D eigenvalue weighted by Crippen LogP contribution is 2.03. The first-order valence-electron chi connectivity index (χ1n) is 4.94. The smallest absolute Gasteiger partial charge is 0.133 e. The van der Waals surface area contributed by atoms with Crippen molar-refractivity contribution in [1.29, 1.82) is 0 Å². The molecule has 0 aliphatic heterocycles. The number of rotatable bonds is 7. The molecule has 0 saturated carbocycles. The predicted octanol–water partition coefficient (Wildman–Crippen LogP) is 3.49. The van der Waals surface area contributed by atoms with Gasteiger partial charge in [-0.3, -0.25) is 4.79 Å². The second-order valence-corrected chi connectivity index (χ2v) is 3.10. The Morgan fingerprint density at radius 2 is 2.00 bits per heavy atom. The Morgan fingerprint density at radius 1 is 1.25 bits per heavy atom. The molecular formula is C11H20O. The van der Waals surface area contributed by atoms with E-state index >= 15 is 0 Å². The van der Waals surface area contributed by atoms with E-state index in [2.05, 4.69) is 13.0 Å². The molecule has 0 amide bonds. The lowest BCUT2D eigenvalue weighted by atomic mass is 10.1. The third-order valence-corrected chi connectivity index (χ3v) is 1.88. The first-order valence-corrected chi connectivity index (χ1v) is 4.94. The molecule has 0 spiro atoms. The van der Waals surface area contributed by atoms with Crippen LogP contribution in [0, 0.1) is 0 Å². The molecule has 1 heteroatoms. The summed E-state index contributed by atoms with van der Waals surface area (Å²) in [5.74, 6) is 0.418. The van der Waals surface area contributed by atoms with E-state index in [9.17, 15) is 4.79 Å². The molecule has 0 radical (unpaired) electrons. The molecule has 1 nitrogen and oxygen atoms in total. The van der Waals surface area contributed by atoms with Gasteiger partial charge in [-0.25, -0.2) is 0 Å². The molecule has 0 aliphatic carbocycles. The minimum absolute atomic E-state index is 0.418. The van der Waals surface area contributed by atoms with Gasteiger partial charge in [0.05, 0.1) is 0 Å². The molecule has 0 atom stereocenters. The molecule has 0 N–H and O–H groups in total. The standard InChI is InChI=1S/C11H20O/c1-3-5-7-9-11(12)10-8-6-4-2/h3,5H,4,6-10H2,1-2H3. The van der Waals surface area contributed by atoms with Crippen LogP contribution in [0.2, 0.25) is 0 Å². The van der Waals surface area contributed by atoms with E-state index < -0.39 is 0 Å². The Morgan fingerprint density at radius 3 is 2.58 bits per heavy atom. The average Bonchev–Trinajstić information content (AvgIpc) is 2.06. The molecular weight excluding hydrogens is 148 g/mol. The van der Waals surface area contributed by atoms with Crippen molar-refractivity contribution in [2.45, 2.75) is 52.4 Å². The van der Waals surface area contributed by atoms with Crippen LogP contribution in [0.1, 0.15) is 52.4 Å². The SMILES string of the molecule is CC=CCCC(=O)CCCCC. The van der Waals surface area contributed by atoms with Crippen molar-refractivity contribution in [2.75, 3.05) is 0 Å². The van der Waals surface area contributed by atoms with E-state index in [0.717, 1.165) is 25.7 Å². The molecule has 0 heterocycles. The fraction of sp³-hybridized carbons (Fsp3) is 0.727. The number of carbonyl (C=O) groups is 1. The second kappa shape index (κ2) is 8.51. The van der Waals surface area contributed by atoms with Crippen molar-refractivity contribution < 1.29 is 4.79 Å². The number of allylic oxidation sites excluding steroid dienone is 2. The molecule has 0 bridgehead atoms. The van der Waals surface area contributed by atoms with Crippen LogP contribution < -0.4 is 0 Å². The molecule has 12 heavy (non-hydrogen) atoms. The van der Waals surface area contributed by atoms with E-state index in [4.69, 9.17) is 0 Å². The van der Waals surface area contributed by atoms with E-state index in [1.54, 1.807) is 0 Å². The van der Waals surface area contributed by atoms with Gasteiger partial charge in [0.15, 0.2) is 0 Å². The van der Waals surface area contributed by atoms with Gasteiger partial charge in [-0.2, -0.15) is 0 Å². The summed E-state index contributed by atoms with van der Waals surface area (Å²) in [5.41, 5.74) is 0. The maximum Gasteiger partial charge on any atom is 0.133 e. The largest absolute Gasteiger partial charge is 0.300 e. The molecule has 0 aromatic carbocycles. The number of hydrogen-bond donors (Lipinski definition) is 0. The van der Waals surface area contributed by atoms with Gasteiger partial charge < -0.3 is 0 Å². The zero-order chi connectivity index (χ0) is 9.23. The Hall–Kier alpha value is -0.590. The molecule has 0 unspecified atom stereocenters.